The van der Waals surface area contributed by atoms with E-state index in [0.717, 1.165) is 40.8 Å². The molecule has 4 heterocycles. The smallest absolute Gasteiger partial charge is 0.164 e. The Balaban J connectivity index is 0.954. The second-order valence-corrected chi connectivity index (χ2v) is 19.3. The molecule has 4 nitrogen and oxygen atoms in total. The summed E-state index contributed by atoms with van der Waals surface area (Å²) in [6.07, 6.45) is 6.42. The molecule has 13 aromatic rings. The SMILES string of the molecule is C1=C(c2ccc3sc4ccc5c(-c6c7ccccc7cc7ccccc67)nc6ccccc6c5c4c3c2)CCC=C1c1nc(-c2ccccc2)nc(-c2cccc3sc4ccccc4c23)n1. The number of allylic oxidation sites excluding steroid dienone is 4. The van der Waals surface area contributed by atoms with E-state index in [9.17, 15) is 0 Å². The molecule has 66 heavy (non-hydrogen) atoms. The van der Waals surface area contributed by atoms with Crippen molar-refractivity contribution in [3.05, 3.63) is 206 Å². The van der Waals surface area contributed by atoms with Crippen molar-refractivity contribution >= 4 is 117 Å². The van der Waals surface area contributed by atoms with Gasteiger partial charge in [-0.05, 0) is 94.1 Å². The molecule has 0 aliphatic heterocycles. The Morgan fingerprint density at radius 3 is 1.88 bits per heavy atom. The van der Waals surface area contributed by atoms with E-state index in [-0.39, 0.29) is 0 Å². The quantitative estimate of drug-likeness (QED) is 0.128. The van der Waals surface area contributed by atoms with Gasteiger partial charge in [0.05, 0.1) is 11.2 Å². The first kappa shape index (κ1) is 37.5. The van der Waals surface area contributed by atoms with E-state index >= 15 is 0 Å². The van der Waals surface area contributed by atoms with Gasteiger partial charge in [0.25, 0.3) is 0 Å². The van der Waals surface area contributed by atoms with Crippen LogP contribution in [0.4, 0.5) is 0 Å². The minimum Gasteiger partial charge on any atom is -0.247 e. The van der Waals surface area contributed by atoms with Crippen molar-refractivity contribution in [3.8, 4) is 34.0 Å². The summed E-state index contributed by atoms with van der Waals surface area (Å²) in [7, 11) is 0. The number of hydrogen-bond acceptors (Lipinski definition) is 6. The fraction of sp³-hybridized carbons (Fsp3) is 0.0333. The molecule has 0 unspecified atom stereocenters. The van der Waals surface area contributed by atoms with Crippen LogP contribution in [0.1, 0.15) is 24.2 Å². The van der Waals surface area contributed by atoms with E-state index in [1.165, 1.54) is 94.7 Å². The normalized spacial score (nSPS) is 13.2. The number of fused-ring (bicyclic) bond motifs is 12. The Hall–Kier alpha value is -7.90. The van der Waals surface area contributed by atoms with Crippen molar-refractivity contribution in [1.29, 1.82) is 0 Å². The lowest BCUT2D eigenvalue weighted by molar-refractivity contribution is 1.01. The lowest BCUT2D eigenvalue weighted by Crippen LogP contribution is -2.04. The first-order chi connectivity index (χ1) is 32.7. The van der Waals surface area contributed by atoms with Crippen LogP contribution in [0, 0.1) is 0 Å². The van der Waals surface area contributed by atoms with Crippen molar-refractivity contribution in [2.24, 2.45) is 0 Å². The molecule has 0 spiro atoms. The van der Waals surface area contributed by atoms with Gasteiger partial charge in [0, 0.05) is 78.8 Å². The molecule has 6 heteroatoms. The van der Waals surface area contributed by atoms with Crippen LogP contribution in [0.15, 0.2) is 194 Å². The zero-order chi connectivity index (χ0) is 43.3. The second-order valence-electron chi connectivity index (χ2n) is 17.2. The lowest BCUT2D eigenvalue weighted by atomic mass is 9.90. The summed E-state index contributed by atoms with van der Waals surface area (Å²) in [6.45, 7) is 0. The summed E-state index contributed by atoms with van der Waals surface area (Å²) in [5, 5.41) is 13.4. The first-order valence-corrected chi connectivity index (χ1v) is 24.1. The van der Waals surface area contributed by atoms with Crippen LogP contribution in [0.25, 0.3) is 129 Å². The predicted octanol–water partition coefficient (Wildman–Crippen LogP) is 16.9. The molecule has 0 radical (unpaired) electrons. The average molecular weight is 877 g/mol. The second kappa shape index (κ2) is 14.8. The Labute approximate surface area is 387 Å². The van der Waals surface area contributed by atoms with Gasteiger partial charge in [-0.25, -0.2) is 19.9 Å². The number of aromatic nitrogens is 4. The summed E-state index contributed by atoms with van der Waals surface area (Å²) < 4.78 is 5.03. The standard InChI is InChI=1S/C60H36N4S2/c1-2-14-35(15-3-1)58-62-59(64-60(63-58)46-24-13-27-51-53(46)44-23-9-11-26-49(44)65-51)40-19-12-18-36(32-40)37-28-30-50-47(34-37)56-52(66-50)31-29-45-54(56)43-22-8-10-25-48(43)61-57(45)55-41-20-6-4-16-38(41)33-39-17-5-7-21-42(39)55/h1-11,13-17,19-34H,12,18H2. The highest BCUT2D eigenvalue weighted by Crippen LogP contribution is 2.47. The summed E-state index contributed by atoms with van der Waals surface area (Å²) in [4.78, 5) is 21.2. The first-order valence-electron chi connectivity index (χ1n) is 22.4. The molecule has 0 atom stereocenters. The van der Waals surface area contributed by atoms with Gasteiger partial charge in [0.15, 0.2) is 17.5 Å². The molecule has 308 valence electrons. The number of pyridine rings is 1. The summed E-state index contributed by atoms with van der Waals surface area (Å²) in [5.74, 6) is 2.04. The third-order valence-electron chi connectivity index (χ3n) is 13.4. The molecular formula is C60H36N4S2. The number of benzene rings is 9. The maximum absolute atomic E-state index is 5.52. The maximum atomic E-state index is 5.52. The van der Waals surface area contributed by atoms with E-state index in [4.69, 9.17) is 19.9 Å². The number of nitrogens with zero attached hydrogens (tertiary/aromatic N) is 4. The van der Waals surface area contributed by atoms with Crippen LogP contribution in [-0.2, 0) is 0 Å². The Morgan fingerprint density at radius 2 is 1.05 bits per heavy atom. The molecule has 0 saturated carbocycles. The lowest BCUT2D eigenvalue weighted by Gasteiger charge is -2.16. The Kier molecular flexibility index (Phi) is 8.42. The van der Waals surface area contributed by atoms with Gasteiger partial charge in [-0.2, -0.15) is 0 Å². The monoisotopic (exact) mass is 876 g/mol. The van der Waals surface area contributed by atoms with Gasteiger partial charge in [-0.1, -0.05) is 146 Å². The van der Waals surface area contributed by atoms with Gasteiger partial charge in [0.2, 0.25) is 0 Å². The number of hydrogen-bond donors (Lipinski definition) is 0. The highest BCUT2D eigenvalue weighted by molar-refractivity contribution is 7.26. The van der Waals surface area contributed by atoms with Crippen LogP contribution in [-0.4, -0.2) is 19.9 Å². The van der Waals surface area contributed by atoms with E-state index in [0.29, 0.717) is 17.5 Å². The van der Waals surface area contributed by atoms with Gasteiger partial charge >= 0.3 is 0 Å². The fourth-order valence-electron chi connectivity index (χ4n) is 10.4. The predicted molar refractivity (Wildman–Crippen MR) is 281 cm³/mol. The van der Waals surface area contributed by atoms with E-state index in [1.54, 1.807) is 0 Å². The number of rotatable bonds is 5. The van der Waals surface area contributed by atoms with Crippen molar-refractivity contribution in [3.63, 3.8) is 0 Å². The molecule has 0 bridgehead atoms. The summed E-state index contributed by atoms with van der Waals surface area (Å²) in [6, 6.07) is 65.5. The van der Waals surface area contributed by atoms with Crippen molar-refractivity contribution < 1.29 is 0 Å². The molecule has 1 aliphatic carbocycles. The minimum atomic E-state index is 0.671. The van der Waals surface area contributed by atoms with Crippen molar-refractivity contribution in [2.45, 2.75) is 12.8 Å². The number of thiophene rings is 2. The zero-order valence-corrected chi connectivity index (χ0v) is 37.1. The average Bonchev–Trinajstić information content (AvgIpc) is 3.96. The van der Waals surface area contributed by atoms with Crippen LogP contribution < -0.4 is 0 Å². The largest absolute Gasteiger partial charge is 0.247 e. The van der Waals surface area contributed by atoms with Crippen LogP contribution in [0.3, 0.4) is 0 Å². The van der Waals surface area contributed by atoms with Gasteiger partial charge in [0.1, 0.15) is 0 Å². The third kappa shape index (κ3) is 5.89. The summed E-state index contributed by atoms with van der Waals surface area (Å²) in [5.41, 5.74) is 8.70. The topological polar surface area (TPSA) is 51.6 Å². The zero-order valence-electron chi connectivity index (χ0n) is 35.5. The highest BCUT2D eigenvalue weighted by atomic mass is 32.1. The van der Waals surface area contributed by atoms with Crippen LogP contribution in [0.2, 0.25) is 0 Å². The number of para-hydroxylation sites is 1. The Morgan fingerprint density at radius 1 is 0.394 bits per heavy atom. The molecule has 9 aromatic carbocycles. The molecule has 1 aliphatic rings. The van der Waals surface area contributed by atoms with Crippen molar-refractivity contribution in [1.82, 2.24) is 19.9 Å². The summed E-state index contributed by atoms with van der Waals surface area (Å²) >= 11 is 3.68. The van der Waals surface area contributed by atoms with Gasteiger partial charge in [-0.15, -0.1) is 22.7 Å². The van der Waals surface area contributed by atoms with Crippen LogP contribution >= 0.6 is 22.7 Å². The van der Waals surface area contributed by atoms with Gasteiger partial charge in [-0.3, -0.25) is 0 Å². The molecular weight excluding hydrogens is 841 g/mol. The highest BCUT2D eigenvalue weighted by Gasteiger charge is 2.22. The van der Waals surface area contributed by atoms with Crippen molar-refractivity contribution in [2.75, 3.05) is 0 Å². The molecule has 0 fully saturated rings. The molecule has 14 rings (SSSR count). The van der Waals surface area contributed by atoms with E-state index < -0.39 is 0 Å². The minimum absolute atomic E-state index is 0.671. The fourth-order valence-corrected chi connectivity index (χ4v) is 12.6. The van der Waals surface area contributed by atoms with Crippen LogP contribution in [0.5, 0.6) is 0 Å². The van der Waals surface area contributed by atoms with E-state index in [1.807, 2.05) is 40.9 Å². The molecule has 0 N–H and O–H groups in total. The van der Waals surface area contributed by atoms with E-state index in [2.05, 4.69) is 176 Å². The van der Waals surface area contributed by atoms with Gasteiger partial charge < -0.3 is 0 Å². The third-order valence-corrected chi connectivity index (χ3v) is 15.6. The molecule has 0 saturated heterocycles. The Bertz CT molecular complexity index is 4180. The molecule has 4 aromatic heterocycles. The maximum Gasteiger partial charge on any atom is 0.164 e. The molecule has 0 amide bonds.